The Morgan fingerprint density at radius 3 is 2.82 bits per heavy atom. The maximum atomic E-state index is 11.8. The highest BCUT2D eigenvalue weighted by Crippen LogP contribution is 2.22. The molecule has 1 amide bonds. The molecule has 0 radical (unpaired) electrons. The number of carbonyl (C=O) groups excluding carboxylic acids is 1. The molecule has 0 aromatic carbocycles. The first-order chi connectivity index (χ1) is 8.10. The van der Waals surface area contributed by atoms with E-state index in [0.29, 0.717) is 12.5 Å². The molecule has 4 nitrogen and oxygen atoms in total. The van der Waals surface area contributed by atoms with Gasteiger partial charge >= 0.3 is 0 Å². The van der Waals surface area contributed by atoms with Gasteiger partial charge in [0, 0.05) is 19.1 Å². The summed E-state index contributed by atoms with van der Waals surface area (Å²) in [6, 6.07) is 2.06. The number of carbonyl (C=O) groups is 1. The zero-order chi connectivity index (χ0) is 12.8. The van der Waals surface area contributed by atoms with Crippen LogP contribution in [0.1, 0.15) is 33.6 Å². The molecule has 17 heavy (non-hydrogen) atoms. The summed E-state index contributed by atoms with van der Waals surface area (Å²) < 4.78 is 5.56. The molecule has 0 bridgehead atoms. The monoisotopic (exact) mass is 238 g/mol. The highest BCUT2D eigenvalue weighted by atomic mass is 16.5. The summed E-state index contributed by atoms with van der Waals surface area (Å²) in [7, 11) is 0. The highest BCUT2D eigenvalue weighted by molar-refractivity contribution is 5.81. The SMILES string of the molecule is CCC1OCCC1CNC(=O)C(C#N)C(C)C. The number of ether oxygens (including phenoxy) is 1. The number of nitriles is 1. The predicted molar refractivity (Wildman–Crippen MR) is 65.1 cm³/mol. The number of hydrogen-bond acceptors (Lipinski definition) is 3. The lowest BCUT2D eigenvalue weighted by atomic mass is 9.95. The second-order valence-electron chi connectivity index (χ2n) is 4.96. The minimum Gasteiger partial charge on any atom is -0.378 e. The standard InChI is InChI=1S/C13H22N2O2/c1-4-12-10(5-6-17-12)8-15-13(16)11(7-14)9(2)3/h9-12H,4-6,8H2,1-3H3,(H,15,16). The van der Waals surface area contributed by atoms with Gasteiger partial charge in [-0.2, -0.15) is 5.26 Å². The molecule has 0 aromatic rings. The van der Waals surface area contributed by atoms with Crippen molar-refractivity contribution in [3.63, 3.8) is 0 Å². The van der Waals surface area contributed by atoms with Crippen LogP contribution in [0.4, 0.5) is 0 Å². The molecule has 1 saturated heterocycles. The molecule has 3 atom stereocenters. The summed E-state index contributed by atoms with van der Waals surface area (Å²) in [5, 5.41) is 11.8. The van der Waals surface area contributed by atoms with Crippen LogP contribution in [0, 0.1) is 29.1 Å². The Bertz CT molecular complexity index is 296. The Labute approximate surface area is 103 Å². The summed E-state index contributed by atoms with van der Waals surface area (Å²) >= 11 is 0. The molecule has 1 fully saturated rings. The van der Waals surface area contributed by atoms with Gasteiger partial charge in [0.15, 0.2) is 0 Å². The van der Waals surface area contributed by atoms with Crippen LogP contribution in [0.2, 0.25) is 0 Å². The normalized spacial score (nSPS) is 25.6. The third-order valence-corrected chi connectivity index (χ3v) is 3.38. The van der Waals surface area contributed by atoms with E-state index in [1.54, 1.807) is 0 Å². The fourth-order valence-electron chi connectivity index (χ4n) is 2.23. The van der Waals surface area contributed by atoms with Gasteiger partial charge in [-0.15, -0.1) is 0 Å². The molecule has 1 aliphatic heterocycles. The third kappa shape index (κ3) is 3.71. The zero-order valence-electron chi connectivity index (χ0n) is 10.9. The molecule has 1 heterocycles. The van der Waals surface area contributed by atoms with Gasteiger partial charge in [-0.05, 0) is 18.8 Å². The maximum absolute atomic E-state index is 11.8. The van der Waals surface area contributed by atoms with Gasteiger partial charge < -0.3 is 10.1 Å². The predicted octanol–water partition coefficient (Wildman–Crippen LogP) is 1.71. The highest BCUT2D eigenvalue weighted by Gasteiger charge is 2.28. The van der Waals surface area contributed by atoms with Gasteiger partial charge in [-0.1, -0.05) is 20.8 Å². The quantitative estimate of drug-likeness (QED) is 0.793. The summed E-state index contributed by atoms with van der Waals surface area (Å²) in [6.45, 7) is 7.28. The van der Waals surface area contributed by atoms with E-state index in [1.807, 2.05) is 13.8 Å². The molecule has 1 aliphatic rings. The first kappa shape index (κ1) is 14.0. The molecular weight excluding hydrogens is 216 g/mol. The van der Waals surface area contributed by atoms with Crippen molar-refractivity contribution in [1.29, 1.82) is 5.26 Å². The topological polar surface area (TPSA) is 62.1 Å². The van der Waals surface area contributed by atoms with E-state index in [4.69, 9.17) is 10.00 Å². The molecule has 0 aliphatic carbocycles. The molecule has 0 aromatic heterocycles. The van der Waals surface area contributed by atoms with Crippen LogP contribution in [0.15, 0.2) is 0 Å². The lowest BCUT2D eigenvalue weighted by Gasteiger charge is -2.19. The van der Waals surface area contributed by atoms with Crippen molar-refractivity contribution in [2.24, 2.45) is 17.8 Å². The van der Waals surface area contributed by atoms with Crippen molar-refractivity contribution in [2.45, 2.75) is 39.7 Å². The van der Waals surface area contributed by atoms with E-state index in [1.165, 1.54) is 0 Å². The Kier molecular flexibility index (Phi) is 5.43. The second-order valence-corrected chi connectivity index (χ2v) is 4.96. The van der Waals surface area contributed by atoms with E-state index >= 15 is 0 Å². The first-order valence-electron chi connectivity index (χ1n) is 6.39. The van der Waals surface area contributed by atoms with Crippen LogP contribution in [-0.2, 0) is 9.53 Å². The van der Waals surface area contributed by atoms with Crippen molar-refractivity contribution in [3.8, 4) is 6.07 Å². The van der Waals surface area contributed by atoms with E-state index in [0.717, 1.165) is 19.4 Å². The third-order valence-electron chi connectivity index (χ3n) is 3.38. The largest absolute Gasteiger partial charge is 0.378 e. The molecule has 0 spiro atoms. The van der Waals surface area contributed by atoms with Crippen molar-refractivity contribution in [3.05, 3.63) is 0 Å². The molecule has 3 unspecified atom stereocenters. The minimum absolute atomic E-state index is 0.0572. The Morgan fingerprint density at radius 1 is 1.59 bits per heavy atom. The fourth-order valence-corrected chi connectivity index (χ4v) is 2.23. The number of nitrogens with one attached hydrogen (secondary N) is 1. The van der Waals surface area contributed by atoms with Crippen LogP contribution in [0.5, 0.6) is 0 Å². The first-order valence-corrected chi connectivity index (χ1v) is 6.39. The number of hydrogen-bond donors (Lipinski definition) is 1. The molecular formula is C13H22N2O2. The van der Waals surface area contributed by atoms with Gasteiger partial charge in [-0.25, -0.2) is 0 Å². The van der Waals surface area contributed by atoms with Crippen LogP contribution in [-0.4, -0.2) is 25.2 Å². The van der Waals surface area contributed by atoms with Gasteiger partial charge in [0.1, 0.15) is 5.92 Å². The van der Waals surface area contributed by atoms with Gasteiger partial charge in [0.05, 0.1) is 12.2 Å². The summed E-state index contributed by atoms with van der Waals surface area (Å²) in [5.41, 5.74) is 0. The lowest BCUT2D eigenvalue weighted by molar-refractivity contribution is -0.124. The summed E-state index contributed by atoms with van der Waals surface area (Å²) in [5.74, 6) is -0.237. The average molecular weight is 238 g/mol. The Hall–Kier alpha value is -1.08. The fraction of sp³-hybridized carbons (Fsp3) is 0.846. The molecule has 1 N–H and O–H groups in total. The lowest BCUT2D eigenvalue weighted by Crippen LogP contribution is -2.37. The Morgan fingerprint density at radius 2 is 2.29 bits per heavy atom. The van der Waals surface area contributed by atoms with E-state index in [2.05, 4.69) is 18.3 Å². The summed E-state index contributed by atoms with van der Waals surface area (Å²) in [4.78, 5) is 11.8. The van der Waals surface area contributed by atoms with Gasteiger partial charge in [0.2, 0.25) is 5.91 Å². The van der Waals surface area contributed by atoms with Crippen LogP contribution in [0.3, 0.4) is 0 Å². The van der Waals surface area contributed by atoms with E-state index < -0.39 is 5.92 Å². The number of rotatable bonds is 5. The van der Waals surface area contributed by atoms with E-state index in [-0.39, 0.29) is 17.9 Å². The molecule has 96 valence electrons. The van der Waals surface area contributed by atoms with Gasteiger partial charge in [0.25, 0.3) is 0 Å². The maximum Gasteiger partial charge on any atom is 0.237 e. The zero-order valence-corrected chi connectivity index (χ0v) is 10.9. The van der Waals surface area contributed by atoms with E-state index in [9.17, 15) is 4.79 Å². The summed E-state index contributed by atoms with van der Waals surface area (Å²) in [6.07, 6.45) is 2.24. The molecule has 4 heteroatoms. The van der Waals surface area contributed by atoms with Crippen LogP contribution >= 0.6 is 0 Å². The smallest absolute Gasteiger partial charge is 0.237 e. The average Bonchev–Trinajstić information content (AvgIpc) is 2.74. The van der Waals surface area contributed by atoms with Crippen molar-refractivity contribution < 1.29 is 9.53 Å². The van der Waals surface area contributed by atoms with Crippen LogP contribution in [0.25, 0.3) is 0 Å². The van der Waals surface area contributed by atoms with Crippen molar-refractivity contribution in [1.82, 2.24) is 5.32 Å². The molecule has 0 saturated carbocycles. The minimum atomic E-state index is -0.544. The second kappa shape index (κ2) is 6.61. The van der Waals surface area contributed by atoms with Gasteiger partial charge in [-0.3, -0.25) is 4.79 Å². The van der Waals surface area contributed by atoms with Crippen molar-refractivity contribution >= 4 is 5.91 Å². The Balaban J connectivity index is 2.40. The molecule has 1 rings (SSSR count). The number of amides is 1. The van der Waals surface area contributed by atoms with Crippen LogP contribution < -0.4 is 5.32 Å². The van der Waals surface area contributed by atoms with Crippen molar-refractivity contribution in [2.75, 3.05) is 13.2 Å². The number of nitrogens with zero attached hydrogens (tertiary/aromatic N) is 1.